The van der Waals surface area contributed by atoms with Crippen molar-refractivity contribution >= 4 is 29.5 Å². The molecule has 0 aromatic heterocycles. The van der Waals surface area contributed by atoms with Crippen molar-refractivity contribution in [2.75, 3.05) is 11.1 Å². The summed E-state index contributed by atoms with van der Waals surface area (Å²) in [5, 5.41) is 2.81. The maximum absolute atomic E-state index is 11.2. The molecule has 0 atom stereocenters. The van der Waals surface area contributed by atoms with E-state index in [0.29, 0.717) is 12.2 Å². The topological polar surface area (TPSA) is 98.2 Å². The van der Waals surface area contributed by atoms with Crippen LogP contribution >= 0.6 is 12.4 Å². The second kappa shape index (κ2) is 4.99. The second-order valence-electron chi connectivity index (χ2n) is 3.48. The van der Waals surface area contributed by atoms with E-state index in [9.17, 15) is 9.59 Å². The fraction of sp³-hybridized carbons (Fsp3) is 0.0909. The SMILES string of the molecule is Cl.NCc1cccc(Nc2c(N)c(=O)c2=O)c1. The standard InChI is InChI=1S/C11H11N3O2.ClH/c12-5-6-2-1-3-7(4-6)14-9-8(13)10(15)11(9)16;/h1-4,14H,5,12-13H2;1H. The predicted octanol–water partition coefficient (Wildman–Crippen LogP) is 0.489. The highest BCUT2D eigenvalue weighted by atomic mass is 35.5. The molecule has 0 fully saturated rings. The van der Waals surface area contributed by atoms with Gasteiger partial charge in [-0.1, -0.05) is 12.1 Å². The van der Waals surface area contributed by atoms with Crippen molar-refractivity contribution in [2.24, 2.45) is 5.73 Å². The summed E-state index contributed by atoms with van der Waals surface area (Å²) in [4.78, 5) is 22.0. The van der Waals surface area contributed by atoms with Crippen molar-refractivity contribution in [3.05, 3.63) is 50.3 Å². The number of anilines is 3. The summed E-state index contributed by atoms with van der Waals surface area (Å²) in [6.45, 7) is 0.414. The van der Waals surface area contributed by atoms with Crippen LogP contribution in [0.1, 0.15) is 5.56 Å². The molecule has 0 aliphatic rings. The Bertz CT molecular complexity index is 603. The monoisotopic (exact) mass is 253 g/mol. The molecule has 0 saturated heterocycles. The van der Waals surface area contributed by atoms with Gasteiger partial charge in [0.1, 0.15) is 11.4 Å². The molecule has 6 heteroatoms. The Hall–Kier alpha value is -1.85. The summed E-state index contributed by atoms with van der Waals surface area (Å²) >= 11 is 0. The first-order valence-corrected chi connectivity index (χ1v) is 4.78. The molecule has 0 aliphatic carbocycles. The molecule has 2 aromatic rings. The van der Waals surface area contributed by atoms with Gasteiger partial charge in [0.25, 0.3) is 10.9 Å². The lowest BCUT2D eigenvalue weighted by atomic mass is 10.1. The van der Waals surface area contributed by atoms with Gasteiger partial charge in [0.2, 0.25) is 0 Å². The third-order valence-electron chi connectivity index (χ3n) is 2.38. The number of nitrogens with one attached hydrogen (secondary N) is 1. The van der Waals surface area contributed by atoms with Gasteiger partial charge in [-0.05, 0) is 17.7 Å². The summed E-state index contributed by atoms with van der Waals surface area (Å²) in [6.07, 6.45) is 0. The van der Waals surface area contributed by atoms with Gasteiger partial charge in [0, 0.05) is 12.2 Å². The Labute approximate surface area is 104 Å². The normalized spacial score (nSPS) is 9.94. The molecule has 17 heavy (non-hydrogen) atoms. The van der Waals surface area contributed by atoms with E-state index in [4.69, 9.17) is 11.5 Å². The van der Waals surface area contributed by atoms with Gasteiger partial charge in [0.15, 0.2) is 0 Å². The fourth-order valence-corrected chi connectivity index (χ4v) is 1.45. The number of nitrogens with two attached hydrogens (primary N) is 2. The Kier molecular flexibility index (Phi) is 3.88. The quantitative estimate of drug-likeness (QED) is 0.692. The minimum absolute atomic E-state index is 0. The van der Waals surface area contributed by atoms with Crippen molar-refractivity contribution in [3.63, 3.8) is 0 Å². The Balaban J connectivity index is 0.00000144. The zero-order valence-electron chi connectivity index (χ0n) is 8.90. The van der Waals surface area contributed by atoms with Gasteiger partial charge >= 0.3 is 0 Å². The third kappa shape index (κ3) is 2.30. The minimum atomic E-state index is -0.627. The van der Waals surface area contributed by atoms with Crippen molar-refractivity contribution in [3.8, 4) is 0 Å². The van der Waals surface area contributed by atoms with Gasteiger partial charge < -0.3 is 16.8 Å². The second-order valence-corrected chi connectivity index (χ2v) is 3.48. The van der Waals surface area contributed by atoms with Crippen LogP contribution < -0.4 is 27.6 Å². The van der Waals surface area contributed by atoms with Crippen LogP contribution in [-0.4, -0.2) is 0 Å². The van der Waals surface area contributed by atoms with Gasteiger partial charge in [-0.2, -0.15) is 0 Å². The van der Waals surface area contributed by atoms with Gasteiger partial charge in [-0.15, -0.1) is 12.4 Å². The first-order valence-electron chi connectivity index (χ1n) is 4.78. The molecule has 0 spiro atoms. The molecule has 2 rings (SSSR count). The number of halogens is 1. The molecule has 5 N–H and O–H groups in total. The first kappa shape index (κ1) is 13.2. The Morgan fingerprint density at radius 1 is 1.18 bits per heavy atom. The van der Waals surface area contributed by atoms with Crippen LogP contribution in [0.4, 0.5) is 17.1 Å². The highest BCUT2D eigenvalue weighted by molar-refractivity contribution is 5.85. The molecule has 0 heterocycles. The summed E-state index contributed by atoms with van der Waals surface area (Å²) in [5.74, 6) is 0. The van der Waals surface area contributed by atoms with Crippen molar-refractivity contribution in [2.45, 2.75) is 6.54 Å². The maximum atomic E-state index is 11.2. The number of hydrogen-bond acceptors (Lipinski definition) is 5. The summed E-state index contributed by atoms with van der Waals surface area (Å²) < 4.78 is 0. The van der Waals surface area contributed by atoms with E-state index >= 15 is 0 Å². The molecular formula is C11H12ClN3O2. The van der Waals surface area contributed by atoms with Crippen molar-refractivity contribution in [1.82, 2.24) is 0 Å². The largest absolute Gasteiger partial charge is 0.394 e. The molecule has 0 amide bonds. The Morgan fingerprint density at radius 2 is 1.88 bits per heavy atom. The lowest BCUT2D eigenvalue weighted by molar-refractivity contribution is 1.07. The maximum Gasteiger partial charge on any atom is 0.253 e. The zero-order valence-corrected chi connectivity index (χ0v) is 9.71. The third-order valence-corrected chi connectivity index (χ3v) is 2.38. The van der Waals surface area contributed by atoms with Crippen LogP contribution in [0.25, 0.3) is 0 Å². The number of benzene rings is 1. The van der Waals surface area contributed by atoms with Gasteiger partial charge in [0.05, 0.1) is 0 Å². The molecule has 0 bridgehead atoms. The van der Waals surface area contributed by atoms with E-state index in [1.165, 1.54) is 0 Å². The number of rotatable bonds is 3. The van der Waals surface area contributed by atoms with Crippen LogP contribution in [0.15, 0.2) is 33.9 Å². The summed E-state index contributed by atoms with van der Waals surface area (Å²) in [5.41, 5.74) is 11.5. The van der Waals surface area contributed by atoms with E-state index in [1.54, 1.807) is 12.1 Å². The average molecular weight is 254 g/mol. The molecule has 90 valence electrons. The first-order chi connectivity index (χ1) is 7.63. The molecular weight excluding hydrogens is 242 g/mol. The predicted molar refractivity (Wildman–Crippen MR) is 70.6 cm³/mol. The van der Waals surface area contributed by atoms with E-state index in [0.717, 1.165) is 5.56 Å². The molecule has 0 unspecified atom stereocenters. The van der Waals surface area contributed by atoms with Crippen LogP contribution in [0.5, 0.6) is 0 Å². The summed E-state index contributed by atoms with van der Waals surface area (Å²) in [6, 6.07) is 7.26. The Morgan fingerprint density at radius 3 is 2.47 bits per heavy atom. The van der Waals surface area contributed by atoms with E-state index in [-0.39, 0.29) is 23.8 Å². The number of hydrogen-bond donors (Lipinski definition) is 3. The van der Waals surface area contributed by atoms with Crippen LogP contribution in [0.2, 0.25) is 0 Å². The lowest BCUT2D eigenvalue weighted by Crippen LogP contribution is -2.36. The molecule has 2 aromatic carbocycles. The van der Waals surface area contributed by atoms with E-state index < -0.39 is 10.9 Å². The molecule has 0 aliphatic heterocycles. The van der Waals surface area contributed by atoms with E-state index in [1.807, 2.05) is 12.1 Å². The lowest BCUT2D eigenvalue weighted by Gasteiger charge is -2.10. The zero-order chi connectivity index (χ0) is 11.7. The molecule has 0 saturated carbocycles. The smallest absolute Gasteiger partial charge is 0.253 e. The average Bonchev–Trinajstić information content (AvgIpc) is 2.34. The molecule has 5 nitrogen and oxygen atoms in total. The van der Waals surface area contributed by atoms with Crippen molar-refractivity contribution in [1.29, 1.82) is 0 Å². The van der Waals surface area contributed by atoms with Crippen LogP contribution in [-0.2, 0) is 6.54 Å². The summed E-state index contributed by atoms with van der Waals surface area (Å²) in [7, 11) is 0. The molecule has 0 radical (unpaired) electrons. The van der Waals surface area contributed by atoms with Gasteiger partial charge in [-0.3, -0.25) is 9.59 Å². The highest BCUT2D eigenvalue weighted by Crippen LogP contribution is 2.18. The minimum Gasteiger partial charge on any atom is -0.394 e. The van der Waals surface area contributed by atoms with E-state index in [2.05, 4.69) is 5.32 Å². The van der Waals surface area contributed by atoms with Crippen molar-refractivity contribution < 1.29 is 0 Å². The van der Waals surface area contributed by atoms with Crippen LogP contribution in [0.3, 0.4) is 0 Å². The van der Waals surface area contributed by atoms with Gasteiger partial charge in [-0.25, -0.2) is 0 Å². The number of nitrogen functional groups attached to an aromatic ring is 1. The fourth-order valence-electron chi connectivity index (χ4n) is 1.45. The highest BCUT2D eigenvalue weighted by Gasteiger charge is 2.17. The van der Waals surface area contributed by atoms with Crippen LogP contribution in [0, 0.1) is 0 Å².